The van der Waals surface area contributed by atoms with E-state index in [0.29, 0.717) is 18.1 Å². The van der Waals surface area contributed by atoms with Crippen LogP contribution in [0.5, 0.6) is 0 Å². The van der Waals surface area contributed by atoms with Gasteiger partial charge in [-0.2, -0.15) is 5.10 Å². The molecule has 1 fully saturated rings. The Hall–Kier alpha value is -3.45. The van der Waals surface area contributed by atoms with Crippen molar-refractivity contribution >= 4 is 23.3 Å². The van der Waals surface area contributed by atoms with Crippen LogP contribution in [0.4, 0.5) is 11.5 Å². The van der Waals surface area contributed by atoms with Gasteiger partial charge in [0.25, 0.3) is 5.91 Å². The van der Waals surface area contributed by atoms with Crippen molar-refractivity contribution in [1.82, 2.24) is 9.78 Å². The predicted octanol–water partition coefficient (Wildman–Crippen LogP) is 3.62. The third-order valence-corrected chi connectivity index (χ3v) is 4.64. The van der Waals surface area contributed by atoms with E-state index in [1.807, 2.05) is 48.5 Å². The number of benzene rings is 2. The lowest BCUT2D eigenvalue weighted by Crippen LogP contribution is -2.16. The van der Waals surface area contributed by atoms with E-state index < -0.39 is 0 Å². The molecule has 3 aromatic rings. The van der Waals surface area contributed by atoms with Gasteiger partial charge in [0, 0.05) is 24.8 Å². The van der Waals surface area contributed by atoms with Crippen LogP contribution in [0.1, 0.15) is 28.9 Å². The number of nitrogens with one attached hydrogen (secondary N) is 2. The fraction of sp³-hybridized carbons (Fsp3) is 0.227. The van der Waals surface area contributed by atoms with E-state index in [0.717, 1.165) is 24.1 Å². The third-order valence-electron chi connectivity index (χ3n) is 4.64. The average Bonchev–Trinajstić information content (AvgIpc) is 3.50. The highest BCUT2D eigenvalue weighted by Gasteiger charge is 2.30. The van der Waals surface area contributed by atoms with Gasteiger partial charge in [-0.3, -0.25) is 9.59 Å². The molecule has 7 nitrogen and oxygen atoms in total. The summed E-state index contributed by atoms with van der Waals surface area (Å²) in [4.78, 5) is 25.0. The van der Waals surface area contributed by atoms with Crippen LogP contribution < -0.4 is 10.6 Å². The van der Waals surface area contributed by atoms with E-state index in [-0.39, 0.29) is 23.4 Å². The molecule has 2 aromatic carbocycles. The van der Waals surface area contributed by atoms with Gasteiger partial charge in [0.15, 0.2) is 5.69 Å². The number of rotatable bonds is 7. The van der Waals surface area contributed by atoms with Crippen molar-refractivity contribution < 1.29 is 14.3 Å². The summed E-state index contributed by atoms with van der Waals surface area (Å²) < 4.78 is 6.71. The van der Waals surface area contributed by atoms with Crippen molar-refractivity contribution in [2.45, 2.75) is 19.4 Å². The molecule has 1 heterocycles. The summed E-state index contributed by atoms with van der Waals surface area (Å²) in [6, 6.07) is 18.4. The van der Waals surface area contributed by atoms with Crippen LogP contribution in [0, 0.1) is 5.92 Å². The van der Waals surface area contributed by atoms with Crippen LogP contribution in [-0.4, -0.2) is 28.7 Å². The van der Waals surface area contributed by atoms with E-state index >= 15 is 0 Å². The molecular weight excluding hydrogens is 368 g/mol. The summed E-state index contributed by atoms with van der Waals surface area (Å²) in [5, 5.41) is 10.2. The number of aromatic nitrogens is 2. The second-order valence-electron chi connectivity index (χ2n) is 7.01. The van der Waals surface area contributed by atoms with Gasteiger partial charge in [0.2, 0.25) is 5.91 Å². The second kappa shape index (κ2) is 8.28. The van der Waals surface area contributed by atoms with Crippen molar-refractivity contribution in [3.05, 3.63) is 71.9 Å². The molecule has 2 N–H and O–H groups in total. The first-order chi connectivity index (χ1) is 14.1. The molecule has 0 radical (unpaired) electrons. The summed E-state index contributed by atoms with van der Waals surface area (Å²) in [7, 11) is 1.62. The van der Waals surface area contributed by atoms with E-state index in [2.05, 4.69) is 15.7 Å². The zero-order chi connectivity index (χ0) is 20.2. The van der Waals surface area contributed by atoms with Gasteiger partial charge >= 0.3 is 0 Å². The first-order valence-corrected chi connectivity index (χ1v) is 9.49. The summed E-state index contributed by atoms with van der Waals surface area (Å²) >= 11 is 0. The van der Waals surface area contributed by atoms with Crippen molar-refractivity contribution in [2.24, 2.45) is 5.92 Å². The number of hydrogen-bond donors (Lipinski definition) is 2. The van der Waals surface area contributed by atoms with Gasteiger partial charge in [-0.15, -0.1) is 0 Å². The van der Waals surface area contributed by atoms with Crippen LogP contribution >= 0.6 is 0 Å². The quantitative estimate of drug-likeness (QED) is 0.645. The number of hydrogen-bond acceptors (Lipinski definition) is 4. The van der Waals surface area contributed by atoms with Gasteiger partial charge in [-0.1, -0.05) is 30.3 Å². The highest BCUT2D eigenvalue weighted by atomic mass is 16.5. The molecule has 2 amide bonds. The lowest BCUT2D eigenvalue weighted by Gasteiger charge is -2.08. The Kier molecular flexibility index (Phi) is 5.39. The molecule has 4 rings (SSSR count). The second-order valence-corrected chi connectivity index (χ2v) is 7.01. The fourth-order valence-corrected chi connectivity index (χ4v) is 3.02. The monoisotopic (exact) mass is 390 g/mol. The van der Waals surface area contributed by atoms with Gasteiger partial charge in [0.1, 0.15) is 5.82 Å². The number of carbonyl (C=O) groups excluding carboxylic acids is 2. The first-order valence-electron chi connectivity index (χ1n) is 9.49. The molecule has 1 aliphatic rings. The van der Waals surface area contributed by atoms with Crippen LogP contribution in [0.25, 0.3) is 5.69 Å². The smallest absolute Gasteiger partial charge is 0.276 e. The minimum Gasteiger partial charge on any atom is -0.380 e. The van der Waals surface area contributed by atoms with Crippen molar-refractivity contribution in [1.29, 1.82) is 0 Å². The summed E-state index contributed by atoms with van der Waals surface area (Å²) in [6.45, 7) is 0.462. The summed E-state index contributed by atoms with van der Waals surface area (Å²) in [6.07, 6.45) is 1.80. The standard InChI is InChI=1S/C22H22N4O3/c1-29-14-15-6-5-7-17(12-15)23-22(28)19-13-20(24-21(27)16-10-11-16)26(25-19)18-8-3-2-4-9-18/h2-9,12-13,16H,10-11,14H2,1H3,(H,23,28)(H,24,27). The number of amides is 2. The van der Waals surface area contributed by atoms with Gasteiger partial charge in [-0.05, 0) is 42.7 Å². The molecule has 0 aliphatic heterocycles. The maximum absolute atomic E-state index is 12.8. The lowest BCUT2D eigenvalue weighted by atomic mass is 10.2. The molecule has 1 aromatic heterocycles. The van der Waals surface area contributed by atoms with Gasteiger partial charge in [-0.25, -0.2) is 4.68 Å². The molecule has 0 spiro atoms. The Morgan fingerprint density at radius 3 is 2.59 bits per heavy atom. The number of anilines is 2. The molecular formula is C22H22N4O3. The van der Waals surface area contributed by atoms with Crippen LogP contribution in [0.3, 0.4) is 0 Å². The topological polar surface area (TPSA) is 85.3 Å². The highest BCUT2D eigenvalue weighted by Crippen LogP contribution is 2.30. The van der Waals surface area contributed by atoms with Gasteiger partial charge < -0.3 is 15.4 Å². The Morgan fingerprint density at radius 2 is 1.86 bits per heavy atom. The van der Waals surface area contributed by atoms with Crippen LogP contribution in [0.2, 0.25) is 0 Å². The molecule has 148 valence electrons. The normalized spacial score (nSPS) is 13.1. The molecule has 7 heteroatoms. The van der Waals surface area contributed by atoms with Crippen LogP contribution in [0.15, 0.2) is 60.7 Å². The zero-order valence-corrected chi connectivity index (χ0v) is 16.1. The van der Waals surface area contributed by atoms with E-state index in [4.69, 9.17) is 4.74 Å². The fourth-order valence-electron chi connectivity index (χ4n) is 3.02. The minimum atomic E-state index is -0.351. The maximum Gasteiger partial charge on any atom is 0.276 e. The van der Waals surface area contributed by atoms with E-state index in [9.17, 15) is 9.59 Å². The Bertz CT molecular complexity index is 1030. The van der Waals surface area contributed by atoms with Crippen molar-refractivity contribution in [2.75, 3.05) is 17.7 Å². The SMILES string of the molecule is COCc1cccc(NC(=O)c2cc(NC(=O)C3CC3)n(-c3ccccc3)n2)c1. The molecule has 1 saturated carbocycles. The number of methoxy groups -OCH3 is 1. The summed E-state index contributed by atoms with van der Waals surface area (Å²) in [5.74, 6) is 0.138. The van der Waals surface area contributed by atoms with Crippen molar-refractivity contribution in [3.8, 4) is 5.69 Å². The highest BCUT2D eigenvalue weighted by molar-refractivity contribution is 6.04. The third kappa shape index (κ3) is 4.52. The molecule has 0 saturated heterocycles. The molecule has 29 heavy (non-hydrogen) atoms. The molecule has 0 unspecified atom stereocenters. The minimum absolute atomic E-state index is 0.0405. The Morgan fingerprint density at radius 1 is 1.07 bits per heavy atom. The number of carbonyl (C=O) groups is 2. The average molecular weight is 390 g/mol. The maximum atomic E-state index is 12.8. The van der Waals surface area contributed by atoms with E-state index in [1.165, 1.54) is 0 Å². The molecule has 0 atom stereocenters. The Balaban J connectivity index is 1.59. The zero-order valence-electron chi connectivity index (χ0n) is 16.1. The van der Waals surface area contributed by atoms with Gasteiger partial charge in [0.05, 0.1) is 12.3 Å². The largest absolute Gasteiger partial charge is 0.380 e. The summed E-state index contributed by atoms with van der Waals surface area (Å²) in [5.41, 5.74) is 2.59. The van der Waals surface area contributed by atoms with E-state index in [1.54, 1.807) is 23.9 Å². The predicted molar refractivity (Wildman–Crippen MR) is 110 cm³/mol. The molecule has 1 aliphatic carbocycles. The number of para-hydroxylation sites is 1. The Labute approximate surface area is 168 Å². The molecule has 0 bridgehead atoms. The van der Waals surface area contributed by atoms with Crippen molar-refractivity contribution in [3.63, 3.8) is 0 Å². The van der Waals surface area contributed by atoms with Crippen LogP contribution in [-0.2, 0) is 16.1 Å². The lowest BCUT2D eigenvalue weighted by molar-refractivity contribution is -0.117. The number of ether oxygens (including phenoxy) is 1. The number of nitrogens with zero attached hydrogens (tertiary/aromatic N) is 2. The first kappa shape index (κ1) is 18.9.